The van der Waals surface area contributed by atoms with Crippen molar-refractivity contribution in [1.82, 2.24) is 0 Å². The van der Waals surface area contributed by atoms with E-state index in [-0.39, 0.29) is 6.61 Å². The van der Waals surface area contributed by atoms with Gasteiger partial charge in [-0.3, -0.25) is 4.79 Å². The van der Waals surface area contributed by atoms with Crippen molar-refractivity contribution in [2.45, 2.75) is 26.4 Å². The zero-order chi connectivity index (χ0) is 9.07. The lowest BCUT2D eigenvalue weighted by molar-refractivity contribution is -0.160. The molecule has 11 heavy (non-hydrogen) atoms. The first kappa shape index (κ1) is 10.1. The Morgan fingerprint density at radius 2 is 2.00 bits per heavy atom. The lowest BCUT2D eigenvalue weighted by Crippen LogP contribution is -2.39. The predicted molar refractivity (Wildman–Crippen MR) is 36.8 cm³/mol. The number of ether oxygens (including phenoxy) is 1. The van der Waals surface area contributed by atoms with Crippen molar-refractivity contribution in [3.63, 3.8) is 0 Å². The van der Waals surface area contributed by atoms with Crippen LogP contribution in [0.25, 0.3) is 0 Å². The van der Waals surface area contributed by atoms with Gasteiger partial charge in [-0.2, -0.15) is 0 Å². The summed E-state index contributed by atoms with van der Waals surface area (Å²) in [4.78, 5) is 21.2. The normalized spacial score (nSPS) is 15.3. The van der Waals surface area contributed by atoms with Crippen molar-refractivity contribution in [2.75, 3.05) is 6.61 Å². The van der Waals surface area contributed by atoms with E-state index >= 15 is 0 Å². The molecule has 0 aromatic carbocycles. The number of Topliss-reactive ketones (excluding diaryl/α,β-unsaturated/α-hetero) is 1. The zero-order valence-electron chi connectivity index (χ0n) is 6.81. The van der Waals surface area contributed by atoms with Gasteiger partial charge in [-0.05, 0) is 20.8 Å². The molecule has 1 atom stereocenters. The van der Waals surface area contributed by atoms with Crippen LogP contribution in [-0.2, 0) is 14.3 Å². The minimum absolute atomic E-state index is 0.0750. The highest BCUT2D eigenvalue weighted by molar-refractivity contribution is 6.05. The summed E-state index contributed by atoms with van der Waals surface area (Å²) in [6, 6.07) is 0. The summed E-state index contributed by atoms with van der Waals surface area (Å²) in [6.07, 6.45) is 0. The molecule has 0 fully saturated rings. The number of ketones is 1. The molecule has 0 N–H and O–H groups in total. The fourth-order valence-corrected chi connectivity index (χ4v) is 0.410. The van der Waals surface area contributed by atoms with E-state index in [2.05, 4.69) is 4.74 Å². The van der Waals surface area contributed by atoms with Crippen LogP contribution in [0, 0.1) is 0 Å². The van der Waals surface area contributed by atoms with E-state index in [1.807, 2.05) is 0 Å². The number of hydrogen-bond acceptors (Lipinski definition) is 3. The Hall–Kier alpha value is -0.930. The second-order valence-electron chi connectivity index (χ2n) is 2.28. The SMILES string of the molecule is CCOC(=O)C(C)(F)C(C)=O. The van der Waals surface area contributed by atoms with E-state index in [4.69, 9.17) is 0 Å². The minimum atomic E-state index is -2.49. The number of esters is 1. The van der Waals surface area contributed by atoms with Crippen LogP contribution in [0.1, 0.15) is 20.8 Å². The maximum absolute atomic E-state index is 13.0. The molecule has 3 nitrogen and oxygen atoms in total. The van der Waals surface area contributed by atoms with Gasteiger partial charge in [-0.1, -0.05) is 0 Å². The number of carbonyl (C=O) groups excluding carboxylic acids is 2. The van der Waals surface area contributed by atoms with Gasteiger partial charge in [0.15, 0.2) is 5.78 Å². The molecular formula is C7H11FO3. The highest BCUT2D eigenvalue weighted by Crippen LogP contribution is 2.13. The van der Waals surface area contributed by atoms with Gasteiger partial charge in [-0.25, -0.2) is 9.18 Å². The van der Waals surface area contributed by atoms with Gasteiger partial charge in [0.05, 0.1) is 6.61 Å². The summed E-state index contributed by atoms with van der Waals surface area (Å²) in [7, 11) is 0. The van der Waals surface area contributed by atoms with Crippen LogP contribution in [0.3, 0.4) is 0 Å². The van der Waals surface area contributed by atoms with Crippen molar-refractivity contribution in [2.24, 2.45) is 0 Å². The third-order valence-electron chi connectivity index (χ3n) is 1.32. The van der Waals surface area contributed by atoms with E-state index in [0.717, 1.165) is 13.8 Å². The fourth-order valence-electron chi connectivity index (χ4n) is 0.410. The summed E-state index contributed by atoms with van der Waals surface area (Å²) in [6.45, 7) is 3.53. The number of halogens is 1. The molecular weight excluding hydrogens is 151 g/mol. The Morgan fingerprint density at radius 3 is 2.27 bits per heavy atom. The molecule has 0 aliphatic rings. The summed E-state index contributed by atoms with van der Waals surface area (Å²) >= 11 is 0. The lowest BCUT2D eigenvalue weighted by atomic mass is 10.1. The molecule has 0 spiro atoms. The standard InChI is InChI=1S/C7H11FO3/c1-4-11-6(10)7(3,8)5(2)9/h4H2,1-3H3. The molecule has 64 valence electrons. The number of rotatable bonds is 3. The van der Waals surface area contributed by atoms with Gasteiger partial charge in [-0.15, -0.1) is 0 Å². The van der Waals surface area contributed by atoms with E-state index in [9.17, 15) is 14.0 Å². The summed E-state index contributed by atoms with van der Waals surface area (Å²) in [5.74, 6) is -1.96. The largest absolute Gasteiger partial charge is 0.463 e. The minimum Gasteiger partial charge on any atom is -0.463 e. The molecule has 0 rings (SSSR count). The Morgan fingerprint density at radius 1 is 1.55 bits per heavy atom. The van der Waals surface area contributed by atoms with Gasteiger partial charge in [0.25, 0.3) is 5.67 Å². The van der Waals surface area contributed by atoms with Crippen LogP contribution in [-0.4, -0.2) is 24.0 Å². The van der Waals surface area contributed by atoms with E-state index in [1.54, 1.807) is 6.92 Å². The van der Waals surface area contributed by atoms with E-state index < -0.39 is 17.4 Å². The first-order chi connectivity index (χ1) is 4.92. The highest BCUT2D eigenvalue weighted by Gasteiger charge is 2.39. The van der Waals surface area contributed by atoms with Gasteiger partial charge >= 0.3 is 5.97 Å². The summed E-state index contributed by atoms with van der Waals surface area (Å²) in [5.41, 5.74) is -2.49. The van der Waals surface area contributed by atoms with Gasteiger partial charge in [0.2, 0.25) is 0 Å². The number of alkyl halides is 1. The number of hydrogen-bond donors (Lipinski definition) is 0. The van der Waals surface area contributed by atoms with Gasteiger partial charge in [0, 0.05) is 0 Å². The Balaban J connectivity index is 4.30. The molecule has 0 aliphatic carbocycles. The second-order valence-corrected chi connectivity index (χ2v) is 2.28. The lowest BCUT2D eigenvalue weighted by Gasteiger charge is -2.13. The molecule has 1 unspecified atom stereocenters. The summed E-state index contributed by atoms with van der Waals surface area (Å²) < 4.78 is 17.3. The van der Waals surface area contributed by atoms with Gasteiger partial charge in [0.1, 0.15) is 0 Å². The molecule has 0 amide bonds. The fraction of sp³-hybridized carbons (Fsp3) is 0.714. The van der Waals surface area contributed by atoms with Crippen LogP contribution < -0.4 is 0 Å². The van der Waals surface area contributed by atoms with Crippen LogP contribution in [0.15, 0.2) is 0 Å². The maximum atomic E-state index is 13.0. The first-order valence-corrected chi connectivity index (χ1v) is 3.30. The van der Waals surface area contributed by atoms with E-state index in [1.165, 1.54) is 0 Å². The van der Waals surface area contributed by atoms with Crippen molar-refractivity contribution in [3.8, 4) is 0 Å². The molecule has 0 heterocycles. The molecule has 0 bridgehead atoms. The van der Waals surface area contributed by atoms with Crippen molar-refractivity contribution in [3.05, 3.63) is 0 Å². The van der Waals surface area contributed by atoms with Crippen molar-refractivity contribution >= 4 is 11.8 Å². The molecule has 0 aliphatic heterocycles. The van der Waals surface area contributed by atoms with E-state index in [0.29, 0.717) is 0 Å². The topological polar surface area (TPSA) is 43.4 Å². The first-order valence-electron chi connectivity index (χ1n) is 3.30. The monoisotopic (exact) mass is 162 g/mol. The summed E-state index contributed by atoms with van der Waals surface area (Å²) in [5, 5.41) is 0. The highest BCUT2D eigenvalue weighted by atomic mass is 19.1. The quantitative estimate of drug-likeness (QED) is 0.456. The third kappa shape index (κ3) is 2.29. The predicted octanol–water partition coefficient (Wildman–Crippen LogP) is 0.867. The van der Waals surface area contributed by atoms with Crippen molar-refractivity contribution < 1.29 is 18.7 Å². The average Bonchev–Trinajstić information content (AvgIpc) is 1.88. The Bertz CT molecular complexity index is 175. The second kappa shape index (κ2) is 3.46. The molecule has 0 aromatic heterocycles. The molecule has 0 saturated heterocycles. The molecule has 0 aromatic rings. The van der Waals surface area contributed by atoms with Crippen LogP contribution >= 0.6 is 0 Å². The molecule has 0 saturated carbocycles. The van der Waals surface area contributed by atoms with Gasteiger partial charge < -0.3 is 4.74 Å². The molecule has 4 heteroatoms. The maximum Gasteiger partial charge on any atom is 0.351 e. The van der Waals surface area contributed by atoms with Crippen LogP contribution in [0.4, 0.5) is 4.39 Å². The Kier molecular flexibility index (Phi) is 3.17. The Labute approximate surface area is 64.5 Å². The molecule has 0 radical (unpaired) electrons. The average molecular weight is 162 g/mol. The van der Waals surface area contributed by atoms with Crippen LogP contribution in [0.5, 0.6) is 0 Å². The smallest absolute Gasteiger partial charge is 0.351 e. The zero-order valence-corrected chi connectivity index (χ0v) is 6.81. The van der Waals surface area contributed by atoms with Crippen molar-refractivity contribution in [1.29, 1.82) is 0 Å². The number of carbonyl (C=O) groups is 2. The third-order valence-corrected chi connectivity index (χ3v) is 1.32. The van der Waals surface area contributed by atoms with Crippen LogP contribution in [0.2, 0.25) is 0 Å².